The van der Waals surface area contributed by atoms with E-state index in [4.69, 9.17) is 0 Å². The molecular formula is C17H24N2O. The molecule has 1 aromatic carbocycles. The summed E-state index contributed by atoms with van der Waals surface area (Å²) in [7, 11) is 0. The van der Waals surface area contributed by atoms with Gasteiger partial charge < -0.3 is 10.6 Å². The Morgan fingerprint density at radius 1 is 1.35 bits per heavy atom. The number of carbonyl (C=O) groups excluding carboxylic acids is 1. The molecule has 2 aliphatic rings. The van der Waals surface area contributed by atoms with Crippen LogP contribution in [0.25, 0.3) is 0 Å². The van der Waals surface area contributed by atoms with Gasteiger partial charge in [0.25, 0.3) is 0 Å². The van der Waals surface area contributed by atoms with E-state index in [-0.39, 0.29) is 5.41 Å². The van der Waals surface area contributed by atoms with Gasteiger partial charge in [0.15, 0.2) is 5.78 Å². The van der Waals surface area contributed by atoms with Crippen LogP contribution in [-0.2, 0) is 6.42 Å². The van der Waals surface area contributed by atoms with Crippen molar-refractivity contribution in [3.63, 3.8) is 0 Å². The Morgan fingerprint density at radius 2 is 2.25 bits per heavy atom. The van der Waals surface area contributed by atoms with Crippen molar-refractivity contribution >= 4 is 11.5 Å². The molecule has 3 heteroatoms. The number of benzene rings is 1. The molecule has 0 saturated carbocycles. The SMILES string of the molecule is CCCC1(C(=O)c2cccc3c2NCCC3)CCNC1. The predicted molar refractivity (Wildman–Crippen MR) is 82.4 cm³/mol. The second kappa shape index (κ2) is 5.57. The van der Waals surface area contributed by atoms with E-state index < -0.39 is 0 Å². The van der Waals surface area contributed by atoms with Crippen molar-refractivity contribution < 1.29 is 4.79 Å². The molecular weight excluding hydrogens is 248 g/mol. The largest absolute Gasteiger partial charge is 0.384 e. The summed E-state index contributed by atoms with van der Waals surface area (Å²) in [6, 6.07) is 6.20. The minimum atomic E-state index is -0.178. The van der Waals surface area contributed by atoms with E-state index in [0.29, 0.717) is 5.78 Å². The van der Waals surface area contributed by atoms with Gasteiger partial charge in [-0.2, -0.15) is 0 Å². The quantitative estimate of drug-likeness (QED) is 0.828. The number of anilines is 1. The second-order valence-corrected chi connectivity index (χ2v) is 6.16. The topological polar surface area (TPSA) is 41.1 Å². The van der Waals surface area contributed by atoms with Crippen molar-refractivity contribution in [2.75, 3.05) is 25.0 Å². The van der Waals surface area contributed by atoms with Crippen molar-refractivity contribution in [1.29, 1.82) is 0 Å². The monoisotopic (exact) mass is 272 g/mol. The van der Waals surface area contributed by atoms with E-state index in [9.17, 15) is 4.79 Å². The normalized spacial score (nSPS) is 25.1. The summed E-state index contributed by atoms with van der Waals surface area (Å²) in [6.07, 6.45) is 5.27. The average molecular weight is 272 g/mol. The van der Waals surface area contributed by atoms with Crippen LogP contribution in [0.5, 0.6) is 0 Å². The summed E-state index contributed by atoms with van der Waals surface area (Å²) >= 11 is 0. The highest BCUT2D eigenvalue weighted by molar-refractivity contribution is 6.06. The summed E-state index contributed by atoms with van der Waals surface area (Å²) in [4.78, 5) is 13.2. The molecule has 0 aromatic heterocycles. The summed E-state index contributed by atoms with van der Waals surface area (Å²) in [5.41, 5.74) is 3.15. The molecule has 108 valence electrons. The van der Waals surface area contributed by atoms with Crippen LogP contribution in [0, 0.1) is 5.41 Å². The Hall–Kier alpha value is -1.35. The van der Waals surface area contributed by atoms with Crippen molar-refractivity contribution in [1.82, 2.24) is 5.32 Å². The smallest absolute Gasteiger partial charge is 0.172 e. The van der Waals surface area contributed by atoms with Gasteiger partial charge in [-0.3, -0.25) is 4.79 Å². The first kappa shape index (κ1) is 13.6. The van der Waals surface area contributed by atoms with E-state index in [1.54, 1.807) is 0 Å². The minimum absolute atomic E-state index is 0.178. The number of nitrogens with one attached hydrogen (secondary N) is 2. The number of fused-ring (bicyclic) bond motifs is 1. The molecule has 1 fully saturated rings. The summed E-state index contributed by atoms with van der Waals surface area (Å²) < 4.78 is 0. The fourth-order valence-electron chi connectivity index (χ4n) is 3.73. The van der Waals surface area contributed by atoms with Gasteiger partial charge in [-0.05, 0) is 43.9 Å². The maximum atomic E-state index is 13.2. The number of rotatable bonds is 4. The van der Waals surface area contributed by atoms with E-state index >= 15 is 0 Å². The fraction of sp³-hybridized carbons (Fsp3) is 0.588. The first-order valence-corrected chi connectivity index (χ1v) is 7.88. The third-order valence-electron chi connectivity index (χ3n) is 4.77. The van der Waals surface area contributed by atoms with Crippen LogP contribution in [0.15, 0.2) is 18.2 Å². The predicted octanol–water partition coefficient (Wildman–Crippen LogP) is 3.01. The number of carbonyl (C=O) groups is 1. The number of hydrogen-bond donors (Lipinski definition) is 2. The first-order valence-electron chi connectivity index (χ1n) is 7.88. The molecule has 1 atom stereocenters. The zero-order valence-corrected chi connectivity index (χ0v) is 12.3. The number of ketones is 1. The molecule has 2 heterocycles. The molecule has 0 radical (unpaired) electrons. The Labute approximate surface area is 121 Å². The lowest BCUT2D eigenvalue weighted by atomic mass is 9.75. The van der Waals surface area contributed by atoms with Crippen LogP contribution in [0.1, 0.15) is 48.5 Å². The molecule has 2 aliphatic heterocycles. The lowest BCUT2D eigenvalue weighted by Crippen LogP contribution is -2.34. The first-order chi connectivity index (χ1) is 9.77. The molecule has 1 unspecified atom stereocenters. The second-order valence-electron chi connectivity index (χ2n) is 6.16. The highest BCUT2D eigenvalue weighted by atomic mass is 16.1. The van der Waals surface area contributed by atoms with Crippen molar-refractivity contribution in [2.24, 2.45) is 5.41 Å². The van der Waals surface area contributed by atoms with E-state index in [1.807, 2.05) is 12.1 Å². The van der Waals surface area contributed by atoms with Crippen LogP contribution in [0.3, 0.4) is 0 Å². The van der Waals surface area contributed by atoms with Crippen molar-refractivity contribution in [2.45, 2.75) is 39.0 Å². The van der Waals surface area contributed by atoms with Crippen LogP contribution < -0.4 is 10.6 Å². The highest BCUT2D eigenvalue weighted by Gasteiger charge is 2.41. The number of hydrogen-bond acceptors (Lipinski definition) is 3. The molecule has 2 N–H and O–H groups in total. The van der Waals surface area contributed by atoms with Gasteiger partial charge in [0.1, 0.15) is 0 Å². The van der Waals surface area contributed by atoms with Crippen molar-refractivity contribution in [3.05, 3.63) is 29.3 Å². The molecule has 20 heavy (non-hydrogen) atoms. The number of Topliss-reactive ketones (excluding diaryl/α,β-unsaturated/α-hetero) is 1. The number of aryl methyl sites for hydroxylation is 1. The maximum absolute atomic E-state index is 13.2. The molecule has 0 bridgehead atoms. The molecule has 3 rings (SSSR count). The lowest BCUT2D eigenvalue weighted by Gasteiger charge is -2.29. The Morgan fingerprint density at radius 3 is 3.00 bits per heavy atom. The molecule has 0 aliphatic carbocycles. The van der Waals surface area contributed by atoms with Crippen LogP contribution in [0.4, 0.5) is 5.69 Å². The Balaban J connectivity index is 1.97. The van der Waals surface area contributed by atoms with Gasteiger partial charge in [-0.15, -0.1) is 0 Å². The van der Waals surface area contributed by atoms with Gasteiger partial charge in [0, 0.05) is 29.8 Å². The van der Waals surface area contributed by atoms with Gasteiger partial charge in [-0.25, -0.2) is 0 Å². The standard InChI is InChI=1S/C17H24N2O/c1-2-8-17(9-11-18-12-17)16(20)14-7-3-5-13-6-4-10-19-15(13)14/h3,5,7,18-19H,2,4,6,8-12H2,1H3. The molecule has 1 aromatic rings. The Kier molecular flexibility index (Phi) is 3.79. The molecule has 0 amide bonds. The van der Waals surface area contributed by atoms with Crippen LogP contribution >= 0.6 is 0 Å². The lowest BCUT2D eigenvalue weighted by molar-refractivity contribution is 0.0802. The molecule has 1 saturated heterocycles. The van der Waals surface area contributed by atoms with Gasteiger partial charge >= 0.3 is 0 Å². The summed E-state index contributed by atoms with van der Waals surface area (Å²) in [5, 5.41) is 6.84. The van der Waals surface area contributed by atoms with Gasteiger partial charge in [0.05, 0.1) is 0 Å². The van der Waals surface area contributed by atoms with Crippen molar-refractivity contribution in [3.8, 4) is 0 Å². The van der Waals surface area contributed by atoms with E-state index in [2.05, 4.69) is 23.6 Å². The number of para-hydroxylation sites is 1. The average Bonchev–Trinajstić information content (AvgIpc) is 2.96. The Bertz CT molecular complexity index is 504. The fourth-order valence-corrected chi connectivity index (χ4v) is 3.73. The highest BCUT2D eigenvalue weighted by Crippen LogP contribution is 2.38. The zero-order valence-electron chi connectivity index (χ0n) is 12.3. The van der Waals surface area contributed by atoms with Crippen LogP contribution in [-0.4, -0.2) is 25.4 Å². The third-order valence-corrected chi connectivity index (χ3v) is 4.77. The van der Waals surface area contributed by atoms with Crippen LogP contribution in [0.2, 0.25) is 0 Å². The van der Waals surface area contributed by atoms with Gasteiger partial charge in [-0.1, -0.05) is 25.5 Å². The van der Waals surface area contributed by atoms with E-state index in [1.165, 1.54) is 5.56 Å². The molecule has 0 spiro atoms. The molecule has 3 nitrogen and oxygen atoms in total. The summed E-state index contributed by atoms with van der Waals surface area (Å²) in [6.45, 7) is 4.96. The minimum Gasteiger partial charge on any atom is -0.384 e. The maximum Gasteiger partial charge on any atom is 0.172 e. The van der Waals surface area contributed by atoms with E-state index in [0.717, 1.165) is 63.0 Å². The van der Waals surface area contributed by atoms with Gasteiger partial charge in [0.2, 0.25) is 0 Å². The third kappa shape index (κ3) is 2.24. The zero-order chi connectivity index (χ0) is 14.0. The summed E-state index contributed by atoms with van der Waals surface area (Å²) in [5.74, 6) is 0.343.